The Bertz CT molecular complexity index is 339. The van der Waals surface area contributed by atoms with Crippen molar-refractivity contribution in [1.29, 1.82) is 0 Å². The van der Waals surface area contributed by atoms with Crippen molar-refractivity contribution in [2.75, 3.05) is 24.7 Å². The molecule has 0 bridgehead atoms. The Morgan fingerprint density at radius 3 is 3.00 bits per heavy atom. The minimum absolute atomic E-state index is 0.322. The lowest BCUT2D eigenvalue weighted by Crippen LogP contribution is -2.09. The van der Waals surface area contributed by atoms with E-state index in [0.29, 0.717) is 23.7 Å². The second-order valence-electron chi connectivity index (χ2n) is 2.63. The zero-order valence-electron chi connectivity index (χ0n) is 8.20. The normalized spacial score (nSPS) is 9.57. The standard InChI is InChI=1S/C9H13N3O2/c1-3-14-9(13)6-4-8(11-2)12-5-7(6)10/h4-5H,3,10H2,1-2H3,(H,11,12). The fourth-order valence-corrected chi connectivity index (χ4v) is 0.988. The first kappa shape index (κ1) is 10.3. The van der Waals surface area contributed by atoms with E-state index in [9.17, 15) is 4.79 Å². The summed E-state index contributed by atoms with van der Waals surface area (Å²) in [7, 11) is 1.72. The Kier molecular flexibility index (Phi) is 3.28. The number of nitrogens with two attached hydrogens (primary N) is 1. The van der Waals surface area contributed by atoms with E-state index in [-0.39, 0.29) is 0 Å². The summed E-state index contributed by atoms with van der Waals surface area (Å²) in [5.41, 5.74) is 6.25. The largest absolute Gasteiger partial charge is 0.462 e. The molecule has 1 aromatic heterocycles. The number of hydrogen-bond acceptors (Lipinski definition) is 5. The molecule has 0 saturated heterocycles. The molecule has 0 fully saturated rings. The molecule has 0 spiro atoms. The van der Waals surface area contributed by atoms with Gasteiger partial charge < -0.3 is 15.8 Å². The quantitative estimate of drug-likeness (QED) is 0.700. The van der Waals surface area contributed by atoms with E-state index in [0.717, 1.165) is 0 Å². The topological polar surface area (TPSA) is 77.2 Å². The summed E-state index contributed by atoms with van der Waals surface area (Å²) in [6, 6.07) is 1.56. The summed E-state index contributed by atoms with van der Waals surface area (Å²) in [6.45, 7) is 2.07. The fraction of sp³-hybridized carbons (Fsp3) is 0.333. The lowest BCUT2D eigenvalue weighted by molar-refractivity contribution is 0.0527. The van der Waals surface area contributed by atoms with Crippen LogP contribution in [0.25, 0.3) is 0 Å². The highest BCUT2D eigenvalue weighted by molar-refractivity contribution is 5.95. The second-order valence-corrected chi connectivity index (χ2v) is 2.63. The average Bonchev–Trinajstić information content (AvgIpc) is 2.19. The number of aromatic nitrogens is 1. The lowest BCUT2D eigenvalue weighted by atomic mass is 10.2. The van der Waals surface area contributed by atoms with E-state index in [1.165, 1.54) is 6.20 Å². The van der Waals surface area contributed by atoms with Crippen LogP contribution in [0.5, 0.6) is 0 Å². The smallest absolute Gasteiger partial charge is 0.340 e. The van der Waals surface area contributed by atoms with E-state index in [4.69, 9.17) is 10.5 Å². The van der Waals surface area contributed by atoms with Crippen LogP contribution in [0.15, 0.2) is 12.3 Å². The molecule has 0 aliphatic heterocycles. The van der Waals surface area contributed by atoms with Gasteiger partial charge in [-0.05, 0) is 13.0 Å². The summed E-state index contributed by atoms with van der Waals surface area (Å²) < 4.78 is 4.83. The fourth-order valence-electron chi connectivity index (χ4n) is 0.988. The Morgan fingerprint density at radius 1 is 1.71 bits per heavy atom. The van der Waals surface area contributed by atoms with Crippen LogP contribution in [0.4, 0.5) is 11.5 Å². The van der Waals surface area contributed by atoms with Gasteiger partial charge in [-0.3, -0.25) is 0 Å². The van der Waals surface area contributed by atoms with Crippen molar-refractivity contribution in [3.63, 3.8) is 0 Å². The van der Waals surface area contributed by atoms with Crippen LogP contribution < -0.4 is 11.1 Å². The Morgan fingerprint density at radius 2 is 2.43 bits per heavy atom. The number of pyridine rings is 1. The number of anilines is 2. The van der Waals surface area contributed by atoms with E-state index in [2.05, 4.69) is 10.3 Å². The molecule has 5 heteroatoms. The van der Waals surface area contributed by atoms with Crippen molar-refractivity contribution in [1.82, 2.24) is 4.98 Å². The molecule has 1 heterocycles. The third-order valence-corrected chi connectivity index (χ3v) is 1.69. The molecular formula is C9H13N3O2. The van der Waals surface area contributed by atoms with Crippen LogP contribution in [0, 0.1) is 0 Å². The van der Waals surface area contributed by atoms with Gasteiger partial charge in [-0.2, -0.15) is 0 Å². The van der Waals surface area contributed by atoms with Gasteiger partial charge >= 0.3 is 5.97 Å². The summed E-state index contributed by atoms with van der Waals surface area (Å²) in [6.07, 6.45) is 1.43. The van der Waals surface area contributed by atoms with Gasteiger partial charge in [0.05, 0.1) is 24.1 Å². The maximum absolute atomic E-state index is 11.4. The lowest BCUT2D eigenvalue weighted by Gasteiger charge is -2.06. The van der Waals surface area contributed by atoms with Crippen molar-refractivity contribution in [3.05, 3.63) is 17.8 Å². The maximum Gasteiger partial charge on any atom is 0.340 e. The molecule has 0 amide bonds. The molecule has 0 aliphatic rings. The molecule has 14 heavy (non-hydrogen) atoms. The molecule has 0 radical (unpaired) electrons. The molecule has 1 aromatic rings. The Labute approximate surface area is 82.3 Å². The van der Waals surface area contributed by atoms with Crippen LogP contribution in [-0.4, -0.2) is 24.6 Å². The monoisotopic (exact) mass is 195 g/mol. The summed E-state index contributed by atoms with van der Waals surface area (Å²) in [4.78, 5) is 15.3. The molecule has 0 aromatic carbocycles. The summed E-state index contributed by atoms with van der Waals surface area (Å²) in [5, 5.41) is 2.82. The number of ether oxygens (including phenoxy) is 1. The van der Waals surface area contributed by atoms with E-state index in [1.807, 2.05) is 0 Å². The van der Waals surface area contributed by atoms with Crippen molar-refractivity contribution in [2.45, 2.75) is 6.92 Å². The van der Waals surface area contributed by atoms with Gasteiger partial charge in [0.25, 0.3) is 0 Å². The molecular weight excluding hydrogens is 182 g/mol. The molecule has 0 unspecified atom stereocenters. The van der Waals surface area contributed by atoms with Crippen molar-refractivity contribution in [3.8, 4) is 0 Å². The average molecular weight is 195 g/mol. The molecule has 5 nitrogen and oxygen atoms in total. The van der Waals surface area contributed by atoms with Crippen LogP contribution in [0.1, 0.15) is 17.3 Å². The third-order valence-electron chi connectivity index (χ3n) is 1.69. The zero-order chi connectivity index (χ0) is 10.6. The first-order chi connectivity index (χ1) is 6.69. The first-order valence-electron chi connectivity index (χ1n) is 4.29. The van der Waals surface area contributed by atoms with Gasteiger partial charge in [0.2, 0.25) is 0 Å². The number of esters is 1. The summed E-state index contributed by atoms with van der Waals surface area (Å²) in [5.74, 6) is 0.158. The molecule has 76 valence electrons. The Hall–Kier alpha value is -1.78. The third kappa shape index (κ3) is 2.12. The van der Waals surface area contributed by atoms with Gasteiger partial charge in [0, 0.05) is 7.05 Å². The van der Waals surface area contributed by atoms with Gasteiger partial charge in [-0.25, -0.2) is 9.78 Å². The van der Waals surface area contributed by atoms with Gasteiger partial charge in [0.1, 0.15) is 5.82 Å². The summed E-state index contributed by atoms with van der Waals surface area (Å²) >= 11 is 0. The number of carbonyl (C=O) groups is 1. The highest BCUT2D eigenvalue weighted by Crippen LogP contribution is 2.15. The van der Waals surface area contributed by atoms with Crippen LogP contribution in [0.2, 0.25) is 0 Å². The SMILES string of the molecule is CCOC(=O)c1cc(NC)ncc1N. The molecule has 1 rings (SSSR count). The van der Waals surface area contributed by atoms with Crippen LogP contribution in [0.3, 0.4) is 0 Å². The van der Waals surface area contributed by atoms with Crippen LogP contribution >= 0.6 is 0 Å². The van der Waals surface area contributed by atoms with Crippen LogP contribution in [-0.2, 0) is 4.74 Å². The number of nitrogens with zero attached hydrogens (tertiary/aromatic N) is 1. The Balaban J connectivity index is 2.99. The highest BCUT2D eigenvalue weighted by atomic mass is 16.5. The molecule has 0 aliphatic carbocycles. The molecule has 0 saturated carbocycles. The van der Waals surface area contributed by atoms with E-state index >= 15 is 0 Å². The van der Waals surface area contributed by atoms with E-state index < -0.39 is 5.97 Å². The maximum atomic E-state index is 11.4. The van der Waals surface area contributed by atoms with E-state index in [1.54, 1.807) is 20.0 Å². The van der Waals surface area contributed by atoms with Gasteiger partial charge in [0.15, 0.2) is 0 Å². The van der Waals surface area contributed by atoms with Crippen molar-refractivity contribution < 1.29 is 9.53 Å². The van der Waals surface area contributed by atoms with Gasteiger partial charge in [-0.1, -0.05) is 0 Å². The minimum Gasteiger partial charge on any atom is -0.462 e. The molecule has 0 atom stereocenters. The zero-order valence-corrected chi connectivity index (χ0v) is 8.20. The number of rotatable bonds is 3. The predicted molar refractivity (Wildman–Crippen MR) is 54.2 cm³/mol. The van der Waals surface area contributed by atoms with Gasteiger partial charge in [-0.15, -0.1) is 0 Å². The first-order valence-corrected chi connectivity index (χ1v) is 4.29. The van der Waals surface area contributed by atoms with Crippen molar-refractivity contribution in [2.24, 2.45) is 0 Å². The number of hydrogen-bond donors (Lipinski definition) is 2. The minimum atomic E-state index is -0.427. The molecule has 3 N–H and O–H groups in total. The number of carbonyl (C=O) groups excluding carboxylic acids is 1. The second kappa shape index (κ2) is 4.45. The number of nitrogen functional groups attached to an aromatic ring is 1. The predicted octanol–water partition coefficient (Wildman–Crippen LogP) is 0.882. The highest BCUT2D eigenvalue weighted by Gasteiger charge is 2.11. The van der Waals surface area contributed by atoms with Crippen molar-refractivity contribution >= 4 is 17.5 Å². The number of nitrogens with one attached hydrogen (secondary N) is 1.